The minimum absolute atomic E-state index is 0.104. The molecule has 2 N–H and O–H groups in total. The molecule has 1 aromatic rings. The Kier molecular flexibility index (Phi) is 2.30. The van der Waals surface area contributed by atoms with Gasteiger partial charge < -0.3 is 5.73 Å². The number of nitrogens with zero attached hydrogens (tertiary/aromatic N) is 3. The van der Waals surface area contributed by atoms with E-state index in [2.05, 4.69) is 5.10 Å². The summed E-state index contributed by atoms with van der Waals surface area (Å²) in [4.78, 5) is 11.7. The lowest BCUT2D eigenvalue weighted by Gasteiger charge is -2.16. The highest BCUT2D eigenvalue weighted by molar-refractivity contribution is 5.86. The predicted molar refractivity (Wildman–Crippen MR) is 51.4 cm³/mol. The molecule has 0 spiro atoms. The zero-order valence-electron chi connectivity index (χ0n) is 8.40. The first-order valence-corrected chi connectivity index (χ1v) is 4.16. The molecule has 14 heavy (non-hydrogen) atoms. The Morgan fingerprint density at radius 2 is 2.21 bits per heavy atom. The molecule has 0 aliphatic heterocycles. The van der Waals surface area contributed by atoms with Gasteiger partial charge in [0.1, 0.15) is 17.5 Å². The fourth-order valence-corrected chi connectivity index (χ4v) is 0.924. The van der Waals surface area contributed by atoms with Crippen molar-refractivity contribution in [3.8, 4) is 6.07 Å². The van der Waals surface area contributed by atoms with E-state index >= 15 is 0 Å². The number of hydrogen-bond acceptors (Lipinski definition) is 4. The van der Waals surface area contributed by atoms with Gasteiger partial charge in [0.15, 0.2) is 0 Å². The molecule has 0 bridgehead atoms. The van der Waals surface area contributed by atoms with Gasteiger partial charge in [0.2, 0.25) is 0 Å². The molecular weight excluding hydrogens is 180 g/mol. The Balaban J connectivity index is 3.17. The van der Waals surface area contributed by atoms with E-state index in [1.807, 2.05) is 6.07 Å². The fourth-order valence-electron chi connectivity index (χ4n) is 0.924. The van der Waals surface area contributed by atoms with Crippen LogP contribution in [0.15, 0.2) is 6.20 Å². The quantitative estimate of drug-likeness (QED) is 0.665. The molecular formula is C9H12N4O. The highest BCUT2D eigenvalue weighted by atomic mass is 16.2. The maximum Gasteiger partial charge on any atom is 0.254 e. The first kappa shape index (κ1) is 10.3. The van der Waals surface area contributed by atoms with Crippen LogP contribution in [0.4, 0.5) is 5.82 Å². The monoisotopic (exact) mass is 192 g/mol. The standard InChI is InChI=1S/C9H12N4O/c1-9(2,3)8(14)13-7(11)6(4-10)5-12-13/h5H,11H2,1-3H3. The number of nitrogens with two attached hydrogens (primary N) is 1. The average molecular weight is 192 g/mol. The summed E-state index contributed by atoms with van der Waals surface area (Å²) in [5.41, 5.74) is 5.23. The van der Waals surface area contributed by atoms with Crippen molar-refractivity contribution in [1.29, 1.82) is 5.26 Å². The summed E-state index contributed by atoms with van der Waals surface area (Å²) in [6.07, 6.45) is 1.29. The number of hydrogen-bond donors (Lipinski definition) is 1. The van der Waals surface area contributed by atoms with E-state index in [0.717, 1.165) is 4.68 Å². The van der Waals surface area contributed by atoms with Crippen LogP contribution in [0.2, 0.25) is 0 Å². The van der Waals surface area contributed by atoms with Gasteiger partial charge in [-0.1, -0.05) is 20.8 Å². The number of rotatable bonds is 0. The Morgan fingerprint density at radius 3 is 2.57 bits per heavy atom. The molecule has 0 amide bonds. The van der Waals surface area contributed by atoms with Crippen molar-refractivity contribution >= 4 is 11.7 Å². The average Bonchev–Trinajstić information content (AvgIpc) is 2.43. The summed E-state index contributed by atoms with van der Waals surface area (Å²) < 4.78 is 1.07. The van der Waals surface area contributed by atoms with Crippen LogP contribution in [0, 0.1) is 16.7 Å². The van der Waals surface area contributed by atoms with Gasteiger partial charge in [-0.05, 0) is 0 Å². The van der Waals surface area contributed by atoms with Gasteiger partial charge in [-0.25, -0.2) is 0 Å². The summed E-state index contributed by atoms with van der Waals surface area (Å²) in [6, 6.07) is 1.86. The number of carbonyl (C=O) groups is 1. The lowest BCUT2D eigenvalue weighted by molar-refractivity contribution is 0.0752. The molecule has 1 rings (SSSR count). The Bertz CT molecular complexity index is 405. The van der Waals surface area contributed by atoms with Crippen LogP contribution in [0.25, 0.3) is 0 Å². The van der Waals surface area contributed by atoms with Crippen molar-refractivity contribution in [1.82, 2.24) is 9.78 Å². The van der Waals surface area contributed by atoms with Crippen LogP contribution in [-0.4, -0.2) is 15.7 Å². The molecule has 0 aromatic carbocycles. The van der Waals surface area contributed by atoms with Crippen LogP contribution in [0.1, 0.15) is 31.1 Å². The van der Waals surface area contributed by atoms with Gasteiger partial charge in [-0.15, -0.1) is 0 Å². The van der Waals surface area contributed by atoms with E-state index in [4.69, 9.17) is 11.0 Å². The molecule has 0 saturated heterocycles. The third-order valence-electron chi connectivity index (χ3n) is 1.76. The molecule has 0 atom stereocenters. The number of anilines is 1. The third-order valence-corrected chi connectivity index (χ3v) is 1.76. The molecule has 0 radical (unpaired) electrons. The van der Waals surface area contributed by atoms with E-state index < -0.39 is 5.41 Å². The van der Waals surface area contributed by atoms with Crippen molar-refractivity contribution in [2.24, 2.45) is 5.41 Å². The fraction of sp³-hybridized carbons (Fsp3) is 0.444. The number of nitriles is 1. The zero-order chi connectivity index (χ0) is 10.9. The molecule has 5 heteroatoms. The van der Waals surface area contributed by atoms with Gasteiger partial charge in [-0.3, -0.25) is 4.79 Å². The molecule has 5 nitrogen and oxygen atoms in total. The highest BCUT2D eigenvalue weighted by Crippen LogP contribution is 2.19. The number of aromatic nitrogens is 2. The second-order valence-corrected chi connectivity index (χ2v) is 4.02. The van der Waals surface area contributed by atoms with E-state index in [1.54, 1.807) is 20.8 Å². The third kappa shape index (κ3) is 1.59. The molecule has 0 fully saturated rings. The largest absolute Gasteiger partial charge is 0.382 e. The minimum atomic E-state index is -0.563. The molecule has 0 aliphatic carbocycles. The van der Waals surface area contributed by atoms with Crippen molar-refractivity contribution in [3.63, 3.8) is 0 Å². The Morgan fingerprint density at radius 1 is 1.64 bits per heavy atom. The van der Waals surface area contributed by atoms with Crippen molar-refractivity contribution in [3.05, 3.63) is 11.8 Å². The van der Waals surface area contributed by atoms with Crippen molar-refractivity contribution in [2.75, 3.05) is 5.73 Å². The molecule has 74 valence electrons. The summed E-state index contributed by atoms with van der Waals surface area (Å²) in [6.45, 7) is 5.30. The van der Waals surface area contributed by atoms with Crippen LogP contribution in [-0.2, 0) is 0 Å². The minimum Gasteiger partial charge on any atom is -0.382 e. The second kappa shape index (κ2) is 3.14. The molecule has 1 heterocycles. The molecule has 1 aromatic heterocycles. The van der Waals surface area contributed by atoms with Crippen LogP contribution in [0.5, 0.6) is 0 Å². The van der Waals surface area contributed by atoms with E-state index in [0.29, 0.717) is 0 Å². The maximum absolute atomic E-state index is 11.7. The topological polar surface area (TPSA) is 84.7 Å². The molecule has 0 unspecified atom stereocenters. The highest BCUT2D eigenvalue weighted by Gasteiger charge is 2.26. The van der Waals surface area contributed by atoms with E-state index in [9.17, 15) is 4.79 Å². The van der Waals surface area contributed by atoms with Gasteiger partial charge in [0.05, 0.1) is 6.20 Å². The summed E-state index contributed by atoms with van der Waals surface area (Å²) in [5, 5.41) is 12.4. The Labute approximate surface area is 82.1 Å². The Hall–Kier alpha value is -1.83. The smallest absolute Gasteiger partial charge is 0.254 e. The summed E-state index contributed by atoms with van der Waals surface area (Å²) in [5.74, 6) is -0.121. The van der Waals surface area contributed by atoms with E-state index in [-0.39, 0.29) is 17.3 Å². The number of nitrogen functional groups attached to an aromatic ring is 1. The second-order valence-electron chi connectivity index (χ2n) is 4.02. The zero-order valence-corrected chi connectivity index (χ0v) is 8.40. The van der Waals surface area contributed by atoms with E-state index in [1.165, 1.54) is 6.20 Å². The lowest BCUT2D eigenvalue weighted by Crippen LogP contribution is -2.28. The van der Waals surface area contributed by atoms with Crippen LogP contribution >= 0.6 is 0 Å². The van der Waals surface area contributed by atoms with Gasteiger partial charge >= 0.3 is 0 Å². The predicted octanol–water partition coefficient (Wildman–Crippen LogP) is 1.02. The summed E-state index contributed by atoms with van der Waals surface area (Å²) in [7, 11) is 0. The first-order chi connectivity index (χ1) is 6.38. The van der Waals surface area contributed by atoms with Gasteiger partial charge in [0.25, 0.3) is 5.91 Å². The van der Waals surface area contributed by atoms with Crippen LogP contribution in [0.3, 0.4) is 0 Å². The normalized spacial score (nSPS) is 11.0. The van der Waals surface area contributed by atoms with Crippen LogP contribution < -0.4 is 5.73 Å². The summed E-state index contributed by atoms with van der Waals surface area (Å²) >= 11 is 0. The number of carbonyl (C=O) groups excluding carboxylic acids is 1. The maximum atomic E-state index is 11.7. The van der Waals surface area contributed by atoms with Gasteiger partial charge in [0, 0.05) is 5.41 Å². The molecule has 0 aliphatic rings. The first-order valence-electron chi connectivity index (χ1n) is 4.16. The molecule has 0 saturated carbocycles. The SMILES string of the molecule is CC(C)(C)C(=O)n1ncc(C#N)c1N. The van der Waals surface area contributed by atoms with Gasteiger partial charge in [-0.2, -0.15) is 15.0 Å². The van der Waals surface area contributed by atoms with Crippen molar-refractivity contribution in [2.45, 2.75) is 20.8 Å². The lowest BCUT2D eigenvalue weighted by atomic mass is 9.96. The van der Waals surface area contributed by atoms with Crippen molar-refractivity contribution < 1.29 is 4.79 Å².